The number of carboxylic acid groups (broad SMARTS) is 2. The highest BCUT2D eigenvalue weighted by molar-refractivity contribution is 5.94. The topological polar surface area (TPSA) is 83.8 Å². The van der Waals surface area contributed by atoms with Gasteiger partial charge in [0, 0.05) is 0 Å². The fourth-order valence-electron chi connectivity index (χ4n) is 1.15. The van der Waals surface area contributed by atoms with Crippen LogP contribution in [0.1, 0.15) is 34.1 Å². The van der Waals surface area contributed by atoms with Crippen molar-refractivity contribution in [1.82, 2.24) is 0 Å². The van der Waals surface area contributed by atoms with Gasteiger partial charge in [-0.1, -0.05) is 6.92 Å². The van der Waals surface area contributed by atoms with E-state index in [4.69, 9.17) is 14.9 Å². The predicted octanol–water partition coefficient (Wildman–Crippen LogP) is 1.87. The predicted molar refractivity (Wildman–Crippen MR) is 56.1 cm³/mol. The van der Waals surface area contributed by atoms with Crippen LogP contribution in [0.3, 0.4) is 0 Å². The molecule has 0 saturated heterocycles. The van der Waals surface area contributed by atoms with Crippen LogP contribution < -0.4 is 4.74 Å². The highest BCUT2D eigenvalue weighted by Gasteiger charge is 2.11. The van der Waals surface area contributed by atoms with Gasteiger partial charge in [-0.25, -0.2) is 9.59 Å². The first-order valence-corrected chi connectivity index (χ1v) is 4.79. The lowest BCUT2D eigenvalue weighted by Crippen LogP contribution is -2.04. The van der Waals surface area contributed by atoms with Crippen molar-refractivity contribution in [3.63, 3.8) is 0 Å². The van der Waals surface area contributed by atoms with Crippen LogP contribution in [0.15, 0.2) is 18.2 Å². The van der Waals surface area contributed by atoms with Crippen molar-refractivity contribution in [3.05, 3.63) is 29.3 Å². The molecular formula is C11H12O5. The van der Waals surface area contributed by atoms with Crippen LogP contribution in [0, 0.1) is 0 Å². The number of carboxylic acids is 2. The maximum atomic E-state index is 10.8. The zero-order valence-electron chi connectivity index (χ0n) is 8.77. The lowest BCUT2D eigenvalue weighted by molar-refractivity contribution is 0.0696. The van der Waals surface area contributed by atoms with Gasteiger partial charge in [0.15, 0.2) is 0 Å². The molecule has 2 N–H and O–H groups in total. The molecule has 0 aliphatic rings. The molecule has 0 fully saturated rings. The summed E-state index contributed by atoms with van der Waals surface area (Å²) in [6.07, 6.45) is 0.764. The number of ether oxygens (including phenoxy) is 1. The van der Waals surface area contributed by atoms with E-state index in [0.717, 1.165) is 12.5 Å². The van der Waals surface area contributed by atoms with Gasteiger partial charge in [0.25, 0.3) is 0 Å². The van der Waals surface area contributed by atoms with E-state index in [1.807, 2.05) is 6.92 Å². The van der Waals surface area contributed by atoms with Gasteiger partial charge in [-0.3, -0.25) is 0 Å². The highest BCUT2D eigenvalue weighted by atomic mass is 16.5. The molecule has 0 aliphatic carbocycles. The van der Waals surface area contributed by atoms with Crippen molar-refractivity contribution in [1.29, 1.82) is 0 Å². The Morgan fingerprint density at radius 2 is 1.62 bits per heavy atom. The second kappa shape index (κ2) is 5.16. The molecule has 0 heterocycles. The second-order valence-electron chi connectivity index (χ2n) is 3.20. The molecule has 0 spiro atoms. The maximum absolute atomic E-state index is 10.8. The number of hydrogen-bond donors (Lipinski definition) is 2. The first-order chi connectivity index (χ1) is 7.54. The van der Waals surface area contributed by atoms with Crippen LogP contribution in [0.2, 0.25) is 0 Å². The Morgan fingerprint density at radius 1 is 1.12 bits per heavy atom. The lowest BCUT2D eigenvalue weighted by atomic mass is 10.1. The lowest BCUT2D eigenvalue weighted by Gasteiger charge is -2.06. The molecule has 0 unspecified atom stereocenters. The summed E-state index contributed by atoms with van der Waals surface area (Å²) in [5.74, 6) is -2.09. The number of rotatable bonds is 5. The quantitative estimate of drug-likeness (QED) is 0.797. The van der Waals surface area contributed by atoms with Gasteiger partial charge in [0.05, 0.1) is 17.7 Å². The average molecular weight is 224 g/mol. The summed E-state index contributed by atoms with van der Waals surface area (Å²) in [6, 6.07) is 3.72. The van der Waals surface area contributed by atoms with Gasteiger partial charge < -0.3 is 14.9 Å². The number of benzene rings is 1. The third-order valence-corrected chi connectivity index (χ3v) is 1.87. The Kier molecular flexibility index (Phi) is 3.88. The zero-order valence-corrected chi connectivity index (χ0v) is 8.77. The van der Waals surface area contributed by atoms with E-state index in [1.54, 1.807) is 0 Å². The summed E-state index contributed by atoms with van der Waals surface area (Å²) in [5.41, 5.74) is -0.183. The minimum Gasteiger partial charge on any atom is -0.494 e. The number of aromatic carboxylic acids is 2. The van der Waals surface area contributed by atoms with E-state index in [0.29, 0.717) is 6.61 Å². The SMILES string of the molecule is CCCOc1cc(C(=O)O)cc(C(=O)O)c1. The van der Waals surface area contributed by atoms with Crippen LogP contribution in [-0.2, 0) is 0 Å². The minimum atomic E-state index is -1.18. The molecular weight excluding hydrogens is 212 g/mol. The summed E-state index contributed by atoms with van der Waals surface area (Å²) in [4.78, 5) is 21.5. The van der Waals surface area contributed by atoms with Crippen LogP contribution in [-0.4, -0.2) is 28.8 Å². The maximum Gasteiger partial charge on any atom is 0.335 e. The third kappa shape index (κ3) is 2.98. The van der Waals surface area contributed by atoms with Crippen LogP contribution in [0.4, 0.5) is 0 Å². The molecule has 86 valence electrons. The molecule has 16 heavy (non-hydrogen) atoms. The molecule has 5 nitrogen and oxygen atoms in total. The van der Waals surface area contributed by atoms with Crippen molar-refractivity contribution >= 4 is 11.9 Å². The second-order valence-corrected chi connectivity index (χ2v) is 3.20. The Bertz CT molecular complexity index is 379. The van der Waals surface area contributed by atoms with Crippen molar-refractivity contribution in [2.45, 2.75) is 13.3 Å². The van der Waals surface area contributed by atoms with Gasteiger partial charge >= 0.3 is 11.9 Å². The van der Waals surface area contributed by atoms with Crippen LogP contribution >= 0.6 is 0 Å². The number of carbonyl (C=O) groups is 2. The van der Waals surface area contributed by atoms with E-state index < -0.39 is 11.9 Å². The molecule has 0 radical (unpaired) electrons. The fourth-order valence-corrected chi connectivity index (χ4v) is 1.15. The molecule has 0 atom stereocenters. The molecule has 1 rings (SSSR count). The van der Waals surface area contributed by atoms with E-state index >= 15 is 0 Å². The van der Waals surface area contributed by atoms with Crippen molar-refractivity contribution in [3.8, 4) is 5.75 Å². The number of hydrogen-bond acceptors (Lipinski definition) is 3. The molecule has 0 aromatic heterocycles. The van der Waals surface area contributed by atoms with Gasteiger partial charge in [-0.2, -0.15) is 0 Å². The largest absolute Gasteiger partial charge is 0.494 e. The van der Waals surface area contributed by atoms with Gasteiger partial charge in [0.1, 0.15) is 5.75 Å². The van der Waals surface area contributed by atoms with E-state index in [9.17, 15) is 9.59 Å². The Hall–Kier alpha value is -2.04. The Morgan fingerprint density at radius 3 is 2.00 bits per heavy atom. The van der Waals surface area contributed by atoms with Crippen molar-refractivity contribution < 1.29 is 24.5 Å². The van der Waals surface area contributed by atoms with Crippen molar-refractivity contribution in [2.24, 2.45) is 0 Å². The summed E-state index contributed by atoms with van der Waals surface area (Å²) < 4.78 is 5.21. The van der Waals surface area contributed by atoms with Gasteiger partial charge in [-0.05, 0) is 24.6 Å². The molecule has 0 saturated carbocycles. The molecule has 0 aliphatic heterocycles. The van der Waals surface area contributed by atoms with Crippen LogP contribution in [0.25, 0.3) is 0 Å². The first-order valence-electron chi connectivity index (χ1n) is 4.79. The van der Waals surface area contributed by atoms with Crippen LogP contribution in [0.5, 0.6) is 5.75 Å². The van der Waals surface area contributed by atoms with E-state index in [2.05, 4.69) is 0 Å². The molecule has 0 bridgehead atoms. The zero-order chi connectivity index (χ0) is 12.1. The molecule has 1 aromatic rings. The highest BCUT2D eigenvalue weighted by Crippen LogP contribution is 2.18. The Labute approximate surface area is 92.3 Å². The first kappa shape index (κ1) is 12.0. The Balaban J connectivity index is 3.08. The van der Waals surface area contributed by atoms with Crippen molar-refractivity contribution in [2.75, 3.05) is 6.61 Å². The molecule has 0 amide bonds. The molecule has 5 heteroatoms. The normalized spacial score (nSPS) is 9.81. The monoisotopic (exact) mass is 224 g/mol. The standard InChI is InChI=1S/C11H12O5/c1-2-3-16-9-5-7(10(12)13)4-8(6-9)11(14)15/h4-6H,2-3H2,1H3,(H,12,13)(H,14,15). The average Bonchev–Trinajstić information content (AvgIpc) is 2.25. The fraction of sp³-hybridized carbons (Fsp3) is 0.273. The third-order valence-electron chi connectivity index (χ3n) is 1.87. The van der Waals surface area contributed by atoms with Gasteiger partial charge in [-0.15, -0.1) is 0 Å². The summed E-state index contributed by atoms with van der Waals surface area (Å²) in [7, 11) is 0. The molecule has 1 aromatic carbocycles. The minimum absolute atomic E-state index is 0.0917. The van der Waals surface area contributed by atoms with Gasteiger partial charge in [0.2, 0.25) is 0 Å². The van der Waals surface area contributed by atoms with E-state index in [1.165, 1.54) is 12.1 Å². The smallest absolute Gasteiger partial charge is 0.335 e. The van der Waals surface area contributed by atoms with E-state index in [-0.39, 0.29) is 16.9 Å². The summed E-state index contributed by atoms with van der Waals surface area (Å²) in [5, 5.41) is 17.6. The summed E-state index contributed by atoms with van der Waals surface area (Å²) >= 11 is 0. The summed E-state index contributed by atoms with van der Waals surface area (Å²) in [6.45, 7) is 2.32.